The molecule has 0 bridgehead atoms. The van der Waals surface area contributed by atoms with Crippen molar-refractivity contribution < 1.29 is 23.3 Å². The van der Waals surface area contributed by atoms with Crippen molar-refractivity contribution in [2.24, 2.45) is 0 Å². The van der Waals surface area contributed by atoms with Gasteiger partial charge in [-0.2, -0.15) is 0 Å². The van der Waals surface area contributed by atoms with Crippen molar-refractivity contribution in [3.8, 4) is 23.0 Å². The lowest BCUT2D eigenvalue weighted by atomic mass is 9.94. The highest BCUT2D eigenvalue weighted by Gasteiger charge is 2.19. The monoisotopic (exact) mass is 478 g/mol. The van der Waals surface area contributed by atoms with Gasteiger partial charge in [-0.25, -0.2) is 4.39 Å². The molecule has 0 saturated heterocycles. The van der Waals surface area contributed by atoms with Crippen LogP contribution in [0.3, 0.4) is 0 Å². The van der Waals surface area contributed by atoms with Crippen LogP contribution in [-0.4, -0.2) is 31.3 Å². The highest BCUT2D eigenvalue weighted by molar-refractivity contribution is 5.88. The number of aromatic nitrogens is 2. The first-order valence-electron chi connectivity index (χ1n) is 11.6. The number of methoxy groups -OCH3 is 3. The Morgan fingerprint density at radius 1 is 0.686 bits per heavy atom. The summed E-state index contributed by atoms with van der Waals surface area (Å²) in [5.74, 6) is 2.22. The zero-order chi connectivity index (χ0) is 25.3. The van der Waals surface area contributed by atoms with Gasteiger partial charge in [-0.1, -0.05) is 27.7 Å². The van der Waals surface area contributed by atoms with Crippen LogP contribution in [0.5, 0.6) is 23.0 Å². The number of hydrogen-bond acceptors (Lipinski definition) is 6. The molecule has 0 amide bonds. The molecule has 4 aromatic rings. The fourth-order valence-electron chi connectivity index (χ4n) is 4.59. The minimum absolute atomic E-state index is 0.00838. The number of benzene rings is 2. The highest BCUT2D eigenvalue weighted by Crippen LogP contribution is 2.39. The third kappa shape index (κ3) is 4.55. The first kappa shape index (κ1) is 24.5. The lowest BCUT2D eigenvalue weighted by Crippen LogP contribution is -2.06. The zero-order valence-corrected chi connectivity index (χ0v) is 21.2. The molecule has 0 atom stereocenters. The van der Waals surface area contributed by atoms with Gasteiger partial charge in [0.1, 0.15) is 12.4 Å². The van der Waals surface area contributed by atoms with Crippen molar-refractivity contribution >= 4 is 21.8 Å². The quantitative estimate of drug-likeness (QED) is 0.278. The molecule has 0 aliphatic heterocycles. The zero-order valence-electron chi connectivity index (χ0n) is 21.2. The molecule has 2 aromatic carbocycles. The molecule has 4 rings (SSSR count). The molecule has 6 nitrogen and oxygen atoms in total. The maximum atomic E-state index is 14.6. The van der Waals surface area contributed by atoms with Gasteiger partial charge in [-0.3, -0.25) is 9.97 Å². The van der Waals surface area contributed by atoms with Crippen LogP contribution in [0.15, 0.2) is 36.7 Å². The lowest BCUT2D eigenvalue weighted by molar-refractivity contribution is 0.283. The van der Waals surface area contributed by atoms with Gasteiger partial charge in [-0.15, -0.1) is 0 Å². The number of ether oxygens (including phenoxy) is 4. The molecule has 0 N–H and O–H groups in total. The van der Waals surface area contributed by atoms with Gasteiger partial charge >= 0.3 is 0 Å². The van der Waals surface area contributed by atoms with Crippen molar-refractivity contribution in [2.45, 2.75) is 46.1 Å². The molecule has 0 aliphatic rings. The maximum absolute atomic E-state index is 14.6. The van der Waals surface area contributed by atoms with Gasteiger partial charge in [-0.05, 0) is 29.5 Å². The van der Waals surface area contributed by atoms with Gasteiger partial charge in [0.15, 0.2) is 23.0 Å². The maximum Gasteiger partial charge on any atom is 0.162 e. The van der Waals surface area contributed by atoms with E-state index in [1.54, 1.807) is 27.4 Å². The largest absolute Gasteiger partial charge is 0.493 e. The Kier molecular flexibility index (Phi) is 6.96. The Morgan fingerprint density at radius 2 is 1.17 bits per heavy atom. The van der Waals surface area contributed by atoms with Gasteiger partial charge < -0.3 is 18.9 Å². The number of nitrogens with zero attached hydrogens (tertiary/aromatic N) is 2. The molecular weight excluding hydrogens is 447 g/mol. The lowest BCUT2D eigenvalue weighted by Gasteiger charge is -2.19. The highest BCUT2D eigenvalue weighted by atomic mass is 19.1. The summed E-state index contributed by atoms with van der Waals surface area (Å²) in [6.45, 7) is 8.46. The second-order valence-corrected chi connectivity index (χ2v) is 9.06. The summed E-state index contributed by atoms with van der Waals surface area (Å²) in [5.41, 5.74) is 4.16. The fourth-order valence-corrected chi connectivity index (χ4v) is 4.59. The molecule has 0 fully saturated rings. The number of fused-ring (bicyclic) bond motifs is 2. The van der Waals surface area contributed by atoms with Crippen molar-refractivity contribution in [1.82, 2.24) is 9.97 Å². The van der Waals surface area contributed by atoms with E-state index in [1.807, 2.05) is 38.2 Å². The minimum atomic E-state index is -0.325. The first-order chi connectivity index (χ1) is 16.8. The van der Waals surface area contributed by atoms with Crippen LogP contribution >= 0.6 is 0 Å². The summed E-state index contributed by atoms with van der Waals surface area (Å²) >= 11 is 0. The average Bonchev–Trinajstić information content (AvgIpc) is 2.84. The van der Waals surface area contributed by atoms with Gasteiger partial charge in [0.05, 0.1) is 38.6 Å². The number of pyridine rings is 2. The Balaban J connectivity index is 1.79. The van der Waals surface area contributed by atoms with E-state index < -0.39 is 0 Å². The summed E-state index contributed by atoms with van der Waals surface area (Å²) in [7, 11) is 4.81. The number of halogens is 1. The van der Waals surface area contributed by atoms with Crippen molar-refractivity contribution in [3.63, 3.8) is 0 Å². The molecular formula is C28H31FN2O4. The Hall–Kier alpha value is -3.61. The Bertz CT molecular complexity index is 1390. The average molecular weight is 479 g/mol. The van der Waals surface area contributed by atoms with Crippen molar-refractivity contribution in [3.05, 3.63) is 59.2 Å². The predicted molar refractivity (Wildman–Crippen MR) is 136 cm³/mol. The summed E-state index contributed by atoms with van der Waals surface area (Å²) in [4.78, 5) is 8.91. The molecule has 0 spiro atoms. The van der Waals surface area contributed by atoms with Crippen LogP contribution in [0, 0.1) is 5.82 Å². The van der Waals surface area contributed by atoms with Crippen LogP contribution < -0.4 is 18.9 Å². The molecule has 184 valence electrons. The van der Waals surface area contributed by atoms with E-state index in [9.17, 15) is 4.39 Å². The molecule has 0 radical (unpaired) electrons. The summed E-state index contributed by atoms with van der Waals surface area (Å²) in [6.07, 6.45) is 3.09. The third-order valence-corrected chi connectivity index (χ3v) is 6.18. The van der Waals surface area contributed by atoms with E-state index >= 15 is 0 Å². The van der Waals surface area contributed by atoms with Crippen LogP contribution in [-0.2, 0) is 6.61 Å². The normalized spacial score (nSPS) is 11.5. The molecule has 0 unspecified atom stereocenters. The SMILES string of the molecule is COc1cc2ncc(COc3cc4c(C(C)C)c(F)cnc4cc3OC)c(C(C)C)c2cc1OC. The Labute approximate surface area is 205 Å². The predicted octanol–water partition coefficient (Wildman–Crippen LogP) is 6.77. The number of hydrogen-bond donors (Lipinski definition) is 0. The standard InChI is InChI=1S/C28H31FN2O4/c1-15(2)27-17(12-30-21-10-24(33-6)23(32-5)8-18(21)27)14-35-26-9-19-22(11-25(26)34-7)31-13-20(29)28(19)16(3)4/h8-13,15-16H,14H2,1-7H3. The Morgan fingerprint density at radius 3 is 1.74 bits per heavy atom. The van der Waals surface area contributed by atoms with Gasteiger partial charge in [0, 0.05) is 40.2 Å². The smallest absolute Gasteiger partial charge is 0.162 e. The van der Waals surface area contributed by atoms with Crippen LogP contribution in [0.2, 0.25) is 0 Å². The summed E-state index contributed by atoms with van der Waals surface area (Å²) < 4.78 is 37.4. The first-order valence-corrected chi connectivity index (χ1v) is 11.6. The third-order valence-electron chi connectivity index (χ3n) is 6.18. The molecule has 0 aliphatic carbocycles. The molecule has 0 saturated carbocycles. The number of rotatable bonds is 8. The minimum Gasteiger partial charge on any atom is -0.493 e. The summed E-state index contributed by atoms with van der Waals surface area (Å²) in [6, 6.07) is 7.44. The molecule has 35 heavy (non-hydrogen) atoms. The van der Waals surface area contributed by atoms with E-state index in [2.05, 4.69) is 23.8 Å². The topological polar surface area (TPSA) is 62.7 Å². The van der Waals surface area contributed by atoms with Crippen LogP contribution in [0.1, 0.15) is 56.2 Å². The summed E-state index contributed by atoms with van der Waals surface area (Å²) in [5, 5.41) is 1.70. The van der Waals surface area contributed by atoms with Gasteiger partial charge in [0.2, 0.25) is 0 Å². The second kappa shape index (κ2) is 9.94. The molecule has 7 heteroatoms. The molecule has 2 heterocycles. The van der Waals surface area contributed by atoms with E-state index in [0.29, 0.717) is 39.5 Å². The van der Waals surface area contributed by atoms with Crippen molar-refractivity contribution in [1.29, 1.82) is 0 Å². The van der Waals surface area contributed by atoms with E-state index in [0.717, 1.165) is 22.0 Å². The van der Waals surface area contributed by atoms with Gasteiger partial charge in [0.25, 0.3) is 0 Å². The van der Waals surface area contributed by atoms with Crippen LogP contribution in [0.25, 0.3) is 21.8 Å². The molecule has 2 aromatic heterocycles. The second-order valence-electron chi connectivity index (χ2n) is 9.06. The van der Waals surface area contributed by atoms with E-state index in [-0.39, 0.29) is 24.3 Å². The van der Waals surface area contributed by atoms with Crippen LogP contribution in [0.4, 0.5) is 4.39 Å². The van der Waals surface area contributed by atoms with E-state index in [1.165, 1.54) is 6.20 Å². The van der Waals surface area contributed by atoms with E-state index in [4.69, 9.17) is 18.9 Å². The fraction of sp³-hybridized carbons (Fsp3) is 0.357. The van der Waals surface area contributed by atoms with Crippen molar-refractivity contribution in [2.75, 3.05) is 21.3 Å².